The summed E-state index contributed by atoms with van der Waals surface area (Å²) >= 11 is 0. The van der Waals surface area contributed by atoms with Crippen molar-refractivity contribution in [2.24, 2.45) is 11.8 Å². The molecule has 0 heterocycles. The second-order valence-electron chi connectivity index (χ2n) is 21.3. The van der Waals surface area contributed by atoms with Crippen LogP contribution in [0.3, 0.4) is 0 Å². The number of carbonyl (C=O) groups excluding carboxylic acids is 3. The molecule has 8 heteroatoms. The molecule has 0 N–H and O–H groups in total. The molecule has 70 heavy (non-hydrogen) atoms. The Kier molecular flexibility index (Phi) is 48.1. The Morgan fingerprint density at radius 1 is 0.414 bits per heavy atom. The van der Waals surface area contributed by atoms with Crippen molar-refractivity contribution in [3.8, 4) is 0 Å². The van der Waals surface area contributed by atoms with Gasteiger partial charge in [-0.1, -0.05) is 199 Å². The number of ketones is 3. The van der Waals surface area contributed by atoms with E-state index in [1.54, 1.807) is 0 Å². The van der Waals surface area contributed by atoms with Crippen LogP contribution < -0.4 is 0 Å². The highest BCUT2D eigenvalue weighted by atomic mass is 16.6. The minimum atomic E-state index is -0.507. The summed E-state index contributed by atoms with van der Waals surface area (Å²) in [6.45, 7) is 7.17. The molecule has 5 atom stereocenters. The van der Waals surface area contributed by atoms with E-state index >= 15 is 0 Å². The molecule has 8 nitrogen and oxygen atoms in total. The van der Waals surface area contributed by atoms with Crippen LogP contribution in [-0.2, 0) is 38.1 Å². The lowest BCUT2D eigenvalue weighted by molar-refractivity contribution is -0.135. The van der Waals surface area contributed by atoms with Crippen molar-refractivity contribution in [1.82, 2.24) is 0 Å². The first-order valence-electron chi connectivity index (χ1n) is 30.0. The second-order valence-corrected chi connectivity index (χ2v) is 21.3. The number of Topliss-reactive ketones (excluding diaryl/α,β-unsaturated/α-hetero) is 3. The van der Waals surface area contributed by atoms with Gasteiger partial charge in [-0.2, -0.15) is 0 Å². The van der Waals surface area contributed by atoms with E-state index in [1.165, 1.54) is 148 Å². The molecule has 1 rings (SSSR count). The molecule has 0 amide bonds. The van der Waals surface area contributed by atoms with Gasteiger partial charge in [0.1, 0.15) is 25.9 Å². The highest BCUT2D eigenvalue weighted by molar-refractivity contribution is 5.80. The first-order valence-corrected chi connectivity index (χ1v) is 30.0. The molecule has 1 aliphatic carbocycles. The molecule has 1 fully saturated rings. The Labute approximate surface area is 433 Å². The fourth-order valence-electron chi connectivity index (χ4n) is 9.89. The summed E-state index contributed by atoms with van der Waals surface area (Å²) in [4.78, 5) is 38.2. The summed E-state index contributed by atoms with van der Waals surface area (Å²) in [7, 11) is 3.66. The van der Waals surface area contributed by atoms with Gasteiger partial charge < -0.3 is 23.7 Å². The van der Waals surface area contributed by atoms with Gasteiger partial charge in [-0.15, -0.1) is 0 Å². The first-order chi connectivity index (χ1) is 34.4. The van der Waals surface area contributed by atoms with E-state index in [2.05, 4.69) is 45.1 Å². The van der Waals surface area contributed by atoms with Gasteiger partial charge in [0.25, 0.3) is 0 Å². The highest BCUT2D eigenvalue weighted by Gasteiger charge is 2.29. The first kappa shape index (κ1) is 66.3. The van der Waals surface area contributed by atoms with Crippen molar-refractivity contribution in [1.29, 1.82) is 0 Å². The predicted octanol–water partition coefficient (Wildman–Crippen LogP) is 17.2. The van der Waals surface area contributed by atoms with Crippen LogP contribution in [0.1, 0.15) is 278 Å². The molecule has 1 aliphatic rings. The van der Waals surface area contributed by atoms with Crippen LogP contribution in [-0.4, -0.2) is 82.9 Å². The molecule has 0 aliphatic heterocycles. The topological polar surface area (TPSA) is 97.4 Å². The summed E-state index contributed by atoms with van der Waals surface area (Å²) in [5, 5.41) is 0. The van der Waals surface area contributed by atoms with Gasteiger partial charge in [0, 0.05) is 33.5 Å². The molecule has 0 aromatic carbocycles. The average Bonchev–Trinajstić information content (AvgIpc) is 3.35. The van der Waals surface area contributed by atoms with Crippen molar-refractivity contribution in [3.63, 3.8) is 0 Å². The van der Waals surface area contributed by atoms with Gasteiger partial charge in [-0.3, -0.25) is 14.4 Å². The molecule has 5 unspecified atom stereocenters. The van der Waals surface area contributed by atoms with Crippen LogP contribution in [0.4, 0.5) is 0 Å². The Morgan fingerprint density at radius 3 is 1.17 bits per heavy atom. The van der Waals surface area contributed by atoms with Crippen LogP contribution in [0.2, 0.25) is 0 Å². The van der Waals surface area contributed by atoms with Gasteiger partial charge in [0.2, 0.25) is 0 Å². The summed E-state index contributed by atoms with van der Waals surface area (Å²) in [6.07, 6.45) is 55.4. The third-order valence-electron chi connectivity index (χ3n) is 14.9. The number of hydrogen-bond donors (Lipinski definition) is 0. The van der Waals surface area contributed by atoms with Crippen molar-refractivity contribution in [2.45, 2.75) is 296 Å². The third-order valence-corrected chi connectivity index (χ3v) is 14.9. The highest BCUT2D eigenvalue weighted by Crippen LogP contribution is 2.41. The zero-order valence-electron chi connectivity index (χ0n) is 46.8. The maximum atomic E-state index is 12.9. The minimum Gasteiger partial charge on any atom is -0.381 e. The van der Waals surface area contributed by atoms with Crippen molar-refractivity contribution >= 4 is 17.3 Å². The van der Waals surface area contributed by atoms with Crippen molar-refractivity contribution in [2.75, 3.05) is 47.3 Å². The van der Waals surface area contributed by atoms with E-state index in [0.29, 0.717) is 31.5 Å². The molecule has 0 radical (unpaired) electrons. The fourth-order valence-corrected chi connectivity index (χ4v) is 9.89. The van der Waals surface area contributed by atoms with Gasteiger partial charge in [0.05, 0.1) is 25.4 Å². The Morgan fingerprint density at radius 2 is 0.771 bits per heavy atom. The maximum Gasteiger partial charge on any atom is 0.158 e. The van der Waals surface area contributed by atoms with Gasteiger partial charge in [-0.05, 0) is 95.3 Å². The number of unbranched alkanes of at least 4 members (excludes halogenated alkanes) is 23. The van der Waals surface area contributed by atoms with Crippen LogP contribution in [0.5, 0.6) is 0 Å². The van der Waals surface area contributed by atoms with E-state index in [4.69, 9.17) is 23.7 Å². The summed E-state index contributed by atoms with van der Waals surface area (Å²) < 4.78 is 29.0. The molecule has 1 saturated carbocycles. The molecular formula is C62H114O8. The Balaban J connectivity index is 2.34. The van der Waals surface area contributed by atoms with E-state index in [-0.39, 0.29) is 50.4 Å². The van der Waals surface area contributed by atoms with Crippen molar-refractivity contribution in [3.05, 3.63) is 24.3 Å². The standard InChI is InChI=1S/C62H114O8/c1-6-9-12-30-39-55-48-49-56(55)40-31-24-23-27-34-43-59(65)52-70-62(53-68-50-57(63)41-32-25-19-15-17-21-28-37-46-60(66-4)44-35-13-10-7-2)54-69-51-58(64)42-33-26-20-16-18-22-29-38-47-61(67-5)45-36-14-11-8-3/h28-29,37-38,55-56,60-62H,6-27,30-36,39-54H2,1-5H3/b37-28-,38-29+. The van der Waals surface area contributed by atoms with Crippen LogP contribution in [0, 0.1) is 11.8 Å². The lowest BCUT2D eigenvalue weighted by Gasteiger charge is -2.37. The van der Waals surface area contributed by atoms with Crippen LogP contribution >= 0.6 is 0 Å². The van der Waals surface area contributed by atoms with E-state index in [1.807, 2.05) is 14.2 Å². The number of allylic oxidation sites excluding steroid dienone is 2. The fraction of sp³-hybridized carbons (Fsp3) is 0.887. The molecule has 0 spiro atoms. The van der Waals surface area contributed by atoms with E-state index < -0.39 is 6.10 Å². The smallest absolute Gasteiger partial charge is 0.158 e. The normalized spacial score (nSPS) is 16.3. The maximum absolute atomic E-state index is 12.9. The molecule has 0 saturated heterocycles. The Hall–Kier alpha value is -1.71. The average molecular weight is 988 g/mol. The number of hydrogen-bond acceptors (Lipinski definition) is 8. The second kappa shape index (κ2) is 50.8. The number of rotatable bonds is 56. The largest absolute Gasteiger partial charge is 0.381 e. The third kappa shape index (κ3) is 41.7. The van der Waals surface area contributed by atoms with Crippen molar-refractivity contribution < 1.29 is 38.1 Å². The van der Waals surface area contributed by atoms with E-state index in [0.717, 1.165) is 102 Å². The zero-order chi connectivity index (χ0) is 50.8. The van der Waals surface area contributed by atoms with Gasteiger partial charge >= 0.3 is 0 Å². The number of ether oxygens (including phenoxy) is 5. The molecular weight excluding hydrogens is 873 g/mol. The zero-order valence-corrected chi connectivity index (χ0v) is 46.8. The van der Waals surface area contributed by atoms with Crippen LogP contribution in [0.15, 0.2) is 24.3 Å². The molecule has 0 aromatic heterocycles. The predicted molar refractivity (Wildman–Crippen MR) is 295 cm³/mol. The molecule has 0 bridgehead atoms. The van der Waals surface area contributed by atoms with Gasteiger partial charge in [0.15, 0.2) is 17.3 Å². The van der Waals surface area contributed by atoms with E-state index in [9.17, 15) is 14.4 Å². The SMILES string of the molecule is CCCCCCC(C/C=C\CCCCCCCC(=O)COCC(COCC(=O)CCCCCCC/C=C/CC(CCCCCC)OC)OCC(=O)CCCCCCCC1CCC1CCCCCC)OC. The number of methoxy groups -OCH3 is 2. The summed E-state index contributed by atoms with van der Waals surface area (Å²) in [5.74, 6) is 2.21. The quantitative estimate of drug-likeness (QED) is 0.0439. The summed E-state index contributed by atoms with van der Waals surface area (Å²) in [6, 6.07) is 0. The minimum absolute atomic E-state index is 0.00574. The molecule has 0 aromatic rings. The van der Waals surface area contributed by atoms with Crippen LogP contribution in [0.25, 0.3) is 0 Å². The number of carbonyl (C=O) groups is 3. The Bertz CT molecular complexity index is 1170. The van der Waals surface area contributed by atoms with Gasteiger partial charge in [-0.25, -0.2) is 0 Å². The lowest BCUT2D eigenvalue weighted by Crippen LogP contribution is -2.30. The molecule has 410 valence electrons. The monoisotopic (exact) mass is 987 g/mol. The summed E-state index contributed by atoms with van der Waals surface area (Å²) in [5.41, 5.74) is 0. The lowest BCUT2D eigenvalue weighted by atomic mass is 9.69.